The molecule has 0 saturated heterocycles. The van der Waals surface area contributed by atoms with E-state index in [1.165, 1.54) is 12.0 Å². The van der Waals surface area contributed by atoms with E-state index in [-0.39, 0.29) is 0 Å². The normalized spacial score (nSPS) is 10.6. The summed E-state index contributed by atoms with van der Waals surface area (Å²) in [7, 11) is 0. The van der Waals surface area contributed by atoms with Crippen LogP contribution in [-0.4, -0.2) is 24.0 Å². The van der Waals surface area contributed by atoms with Gasteiger partial charge in [-0.3, -0.25) is 4.90 Å². The van der Waals surface area contributed by atoms with Crippen LogP contribution in [0.1, 0.15) is 38.3 Å². The summed E-state index contributed by atoms with van der Waals surface area (Å²) in [6.45, 7) is 9.29. The van der Waals surface area contributed by atoms with Crippen molar-refractivity contribution in [2.75, 3.05) is 13.1 Å². The summed E-state index contributed by atoms with van der Waals surface area (Å²) in [5.74, 6) is 5.91. The Balaban J connectivity index is 2.67. The number of nitrogens with zero attached hydrogens (tertiary/aromatic N) is 1. The molecule has 0 heterocycles. The first-order valence-electron chi connectivity index (χ1n) is 6.69. The van der Waals surface area contributed by atoms with Gasteiger partial charge >= 0.3 is 0 Å². The van der Waals surface area contributed by atoms with Crippen molar-refractivity contribution in [3.63, 3.8) is 0 Å². The number of benzene rings is 1. The van der Waals surface area contributed by atoms with Crippen LogP contribution in [0.2, 0.25) is 0 Å². The van der Waals surface area contributed by atoms with Crippen LogP contribution in [0.4, 0.5) is 0 Å². The van der Waals surface area contributed by atoms with Crippen molar-refractivity contribution in [1.82, 2.24) is 4.90 Å². The van der Waals surface area contributed by atoms with Crippen LogP contribution >= 0.6 is 0 Å². The fraction of sp³-hybridized carbons (Fsp3) is 0.500. The molecule has 0 spiro atoms. The summed E-state index contributed by atoms with van der Waals surface area (Å²) in [5.41, 5.74) is 7.74. The topological polar surface area (TPSA) is 29.3 Å². The SMILES string of the molecule is CCCN(Cc1ccc(C#CCN)cc1)C(C)C. The van der Waals surface area contributed by atoms with Gasteiger partial charge in [0.2, 0.25) is 0 Å². The van der Waals surface area contributed by atoms with Crippen molar-refractivity contribution in [3.05, 3.63) is 35.4 Å². The minimum atomic E-state index is 0.416. The molecule has 0 bridgehead atoms. The van der Waals surface area contributed by atoms with Crippen LogP contribution in [0, 0.1) is 11.8 Å². The van der Waals surface area contributed by atoms with Crippen LogP contribution < -0.4 is 5.73 Å². The van der Waals surface area contributed by atoms with Gasteiger partial charge in [-0.15, -0.1) is 0 Å². The summed E-state index contributed by atoms with van der Waals surface area (Å²) in [6.07, 6.45) is 1.19. The second-order valence-electron chi connectivity index (χ2n) is 4.77. The molecule has 0 aromatic heterocycles. The molecule has 0 amide bonds. The largest absolute Gasteiger partial charge is 0.320 e. The third-order valence-corrected chi connectivity index (χ3v) is 2.92. The van der Waals surface area contributed by atoms with E-state index in [2.05, 4.69) is 61.8 Å². The summed E-state index contributed by atoms with van der Waals surface area (Å²) in [6, 6.07) is 9.05. The maximum Gasteiger partial charge on any atom is 0.0555 e. The lowest BCUT2D eigenvalue weighted by Gasteiger charge is -2.25. The Morgan fingerprint density at radius 3 is 2.39 bits per heavy atom. The molecule has 2 N–H and O–H groups in total. The lowest BCUT2D eigenvalue weighted by atomic mass is 10.1. The lowest BCUT2D eigenvalue weighted by molar-refractivity contribution is 0.213. The predicted molar refractivity (Wildman–Crippen MR) is 78.2 cm³/mol. The zero-order chi connectivity index (χ0) is 13.4. The number of nitrogens with two attached hydrogens (primary N) is 1. The summed E-state index contributed by atoms with van der Waals surface area (Å²) < 4.78 is 0. The molecule has 1 aromatic carbocycles. The van der Waals surface area contributed by atoms with Gasteiger partial charge in [0.1, 0.15) is 0 Å². The van der Waals surface area contributed by atoms with Crippen LogP contribution in [0.3, 0.4) is 0 Å². The molecule has 98 valence electrons. The Morgan fingerprint density at radius 2 is 1.89 bits per heavy atom. The molecule has 0 atom stereocenters. The van der Waals surface area contributed by atoms with Gasteiger partial charge in [-0.1, -0.05) is 30.9 Å². The van der Waals surface area contributed by atoms with Crippen molar-refractivity contribution >= 4 is 0 Å². The van der Waals surface area contributed by atoms with E-state index < -0.39 is 0 Å². The number of hydrogen-bond donors (Lipinski definition) is 1. The highest BCUT2D eigenvalue weighted by Crippen LogP contribution is 2.10. The number of hydrogen-bond acceptors (Lipinski definition) is 2. The molecule has 0 aliphatic carbocycles. The second-order valence-corrected chi connectivity index (χ2v) is 4.77. The third-order valence-electron chi connectivity index (χ3n) is 2.92. The minimum absolute atomic E-state index is 0.416. The first kappa shape index (κ1) is 14.8. The van der Waals surface area contributed by atoms with E-state index in [1.807, 2.05) is 0 Å². The molecule has 0 radical (unpaired) electrons. The van der Waals surface area contributed by atoms with Gasteiger partial charge in [0.25, 0.3) is 0 Å². The molecule has 2 heteroatoms. The quantitative estimate of drug-likeness (QED) is 0.807. The molecule has 0 unspecified atom stereocenters. The van der Waals surface area contributed by atoms with Crippen molar-refractivity contribution in [2.24, 2.45) is 5.73 Å². The molecule has 2 nitrogen and oxygen atoms in total. The molecule has 0 fully saturated rings. The van der Waals surface area contributed by atoms with Gasteiger partial charge < -0.3 is 5.73 Å². The Kier molecular flexibility index (Phi) is 6.49. The van der Waals surface area contributed by atoms with Gasteiger partial charge in [-0.25, -0.2) is 0 Å². The van der Waals surface area contributed by atoms with Gasteiger partial charge in [-0.2, -0.15) is 0 Å². The van der Waals surface area contributed by atoms with Crippen LogP contribution in [-0.2, 0) is 6.54 Å². The first-order valence-corrected chi connectivity index (χ1v) is 6.69. The molecule has 0 aliphatic heterocycles. The highest BCUT2D eigenvalue weighted by atomic mass is 15.1. The third kappa shape index (κ3) is 4.91. The smallest absolute Gasteiger partial charge is 0.0555 e. The van der Waals surface area contributed by atoms with E-state index in [1.54, 1.807) is 0 Å². The van der Waals surface area contributed by atoms with Gasteiger partial charge in [0.05, 0.1) is 6.54 Å². The average molecular weight is 244 g/mol. The molecular weight excluding hydrogens is 220 g/mol. The molecular formula is C16H24N2. The van der Waals surface area contributed by atoms with E-state index in [0.717, 1.165) is 18.7 Å². The highest BCUT2D eigenvalue weighted by molar-refractivity contribution is 5.36. The summed E-state index contributed by atoms with van der Waals surface area (Å²) >= 11 is 0. The fourth-order valence-corrected chi connectivity index (χ4v) is 1.89. The van der Waals surface area contributed by atoms with E-state index in [9.17, 15) is 0 Å². The van der Waals surface area contributed by atoms with Crippen LogP contribution in [0.25, 0.3) is 0 Å². The van der Waals surface area contributed by atoms with E-state index in [0.29, 0.717) is 12.6 Å². The lowest BCUT2D eigenvalue weighted by Crippen LogP contribution is -2.30. The van der Waals surface area contributed by atoms with Gasteiger partial charge in [-0.05, 0) is 44.5 Å². The van der Waals surface area contributed by atoms with Gasteiger partial charge in [0, 0.05) is 18.2 Å². The summed E-state index contributed by atoms with van der Waals surface area (Å²) in [4.78, 5) is 2.49. The maximum absolute atomic E-state index is 5.36. The monoisotopic (exact) mass is 244 g/mol. The predicted octanol–water partition coefficient (Wildman–Crippen LogP) is 2.62. The Hall–Kier alpha value is -1.30. The van der Waals surface area contributed by atoms with Crippen molar-refractivity contribution < 1.29 is 0 Å². The van der Waals surface area contributed by atoms with Crippen molar-refractivity contribution in [1.29, 1.82) is 0 Å². The zero-order valence-corrected chi connectivity index (χ0v) is 11.7. The first-order chi connectivity index (χ1) is 8.67. The van der Waals surface area contributed by atoms with Gasteiger partial charge in [0.15, 0.2) is 0 Å². The minimum Gasteiger partial charge on any atom is -0.320 e. The average Bonchev–Trinajstić information content (AvgIpc) is 2.37. The van der Waals surface area contributed by atoms with E-state index >= 15 is 0 Å². The Labute approximate surface area is 111 Å². The second kappa shape index (κ2) is 7.92. The summed E-state index contributed by atoms with van der Waals surface area (Å²) in [5, 5.41) is 0. The maximum atomic E-state index is 5.36. The van der Waals surface area contributed by atoms with Crippen molar-refractivity contribution in [2.45, 2.75) is 39.8 Å². The Morgan fingerprint density at radius 1 is 1.22 bits per heavy atom. The van der Waals surface area contributed by atoms with E-state index in [4.69, 9.17) is 5.73 Å². The molecule has 0 aliphatic rings. The van der Waals surface area contributed by atoms with Crippen LogP contribution in [0.15, 0.2) is 24.3 Å². The zero-order valence-electron chi connectivity index (χ0n) is 11.7. The standard InChI is InChI=1S/C16H24N2/c1-4-12-18(14(2)3)13-16-9-7-15(8-10-16)6-5-11-17/h7-10,14H,4,11-13,17H2,1-3H3. The van der Waals surface area contributed by atoms with Crippen LogP contribution in [0.5, 0.6) is 0 Å². The molecule has 1 rings (SSSR count). The fourth-order valence-electron chi connectivity index (χ4n) is 1.89. The molecule has 1 aromatic rings. The Bertz CT molecular complexity index is 395. The number of rotatable bonds is 5. The molecule has 18 heavy (non-hydrogen) atoms. The molecule has 0 saturated carbocycles. The van der Waals surface area contributed by atoms with Crippen molar-refractivity contribution in [3.8, 4) is 11.8 Å². The highest BCUT2D eigenvalue weighted by Gasteiger charge is 2.08.